The largest absolute Gasteiger partial charge is 0.496 e. The lowest BCUT2D eigenvalue weighted by atomic mass is 10.1. The van der Waals surface area contributed by atoms with E-state index < -0.39 is 0 Å². The quantitative estimate of drug-likeness (QED) is 0.261. The first-order valence-electron chi connectivity index (χ1n) is 12.4. The molecule has 0 fully saturated rings. The van der Waals surface area contributed by atoms with Crippen molar-refractivity contribution in [2.75, 3.05) is 25.7 Å². The molecule has 0 bridgehead atoms. The predicted octanol–water partition coefficient (Wildman–Crippen LogP) is 6.47. The molecule has 1 N–H and O–H groups in total. The average molecular weight is 517 g/mol. The van der Waals surface area contributed by atoms with Gasteiger partial charge in [0.1, 0.15) is 11.5 Å². The molecular weight excluding hydrogens is 484 g/mol. The van der Waals surface area contributed by atoms with Gasteiger partial charge < -0.3 is 19.7 Å². The Hall–Kier alpha value is -3.71. The molecule has 192 valence electrons. The van der Waals surface area contributed by atoms with Crippen LogP contribution in [0.25, 0.3) is 6.08 Å². The van der Waals surface area contributed by atoms with Crippen molar-refractivity contribution in [2.45, 2.75) is 37.6 Å². The number of nitrogens with zero attached hydrogens (tertiary/aromatic N) is 1. The van der Waals surface area contributed by atoms with Gasteiger partial charge in [0.2, 0.25) is 0 Å². The molecule has 6 nitrogen and oxygen atoms in total. The van der Waals surface area contributed by atoms with Crippen LogP contribution in [-0.2, 0) is 4.79 Å². The molecule has 7 heteroatoms. The van der Waals surface area contributed by atoms with Gasteiger partial charge in [0.25, 0.3) is 11.8 Å². The first-order valence-corrected chi connectivity index (χ1v) is 13.2. The summed E-state index contributed by atoms with van der Waals surface area (Å²) in [4.78, 5) is 29.3. The Morgan fingerprint density at radius 1 is 1.11 bits per heavy atom. The number of hydrogen-bond acceptors (Lipinski definition) is 5. The van der Waals surface area contributed by atoms with Gasteiger partial charge in [0, 0.05) is 23.1 Å². The van der Waals surface area contributed by atoms with Crippen LogP contribution >= 0.6 is 11.8 Å². The fourth-order valence-electron chi connectivity index (χ4n) is 4.01. The molecule has 37 heavy (non-hydrogen) atoms. The normalized spacial score (nSPS) is 14.8. The van der Waals surface area contributed by atoms with Crippen molar-refractivity contribution in [3.63, 3.8) is 0 Å². The second kappa shape index (κ2) is 12.0. The van der Waals surface area contributed by atoms with Crippen molar-refractivity contribution in [3.8, 4) is 11.5 Å². The Balaban J connectivity index is 1.47. The maximum Gasteiger partial charge on any atom is 0.264 e. The number of benzene rings is 3. The minimum Gasteiger partial charge on any atom is -0.496 e. The molecule has 1 aliphatic rings. The van der Waals surface area contributed by atoms with Crippen LogP contribution in [0.15, 0.2) is 76.5 Å². The monoisotopic (exact) mass is 516 g/mol. The van der Waals surface area contributed by atoms with E-state index in [0.717, 1.165) is 34.6 Å². The number of carbonyl (C=O) groups is 2. The number of likely N-dealkylation sites (N-methyl/N-ethyl adjacent to an activating group) is 1. The van der Waals surface area contributed by atoms with Gasteiger partial charge in [0.15, 0.2) is 0 Å². The Morgan fingerprint density at radius 3 is 2.59 bits per heavy atom. The number of rotatable bonds is 9. The molecule has 0 aliphatic carbocycles. The van der Waals surface area contributed by atoms with Crippen molar-refractivity contribution in [1.29, 1.82) is 0 Å². The highest BCUT2D eigenvalue weighted by Crippen LogP contribution is 2.42. The van der Waals surface area contributed by atoms with Crippen LogP contribution in [-0.4, -0.2) is 32.6 Å². The van der Waals surface area contributed by atoms with Gasteiger partial charge >= 0.3 is 0 Å². The van der Waals surface area contributed by atoms with Crippen molar-refractivity contribution in [1.82, 2.24) is 5.32 Å². The minimum atomic E-state index is -0.195. The Bertz CT molecular complexity index is 1300. The first kappa shape index (κ1) is 26.4. The van der Waals surface area contributed by atoms with Gasteiger partial charge in [0.05, 0.1) is 30.4 Å². The molecule has 1 unspecified atom stereocenters. The number of methoxy groups -OCH3 is 1. The number of ether oxygens (including phenoxy) is 2. The number of hydrogen-bond donors (Lipinski definition) is 1. The maximum atomic E-state index is 13.1. The number of anilines is 1. The number of unbranched alkanes of at least 4 members (excludes halogenated alkanes) is 1. The molecule has 0 saturated carbocycles. The van der Waals surface area contributed by atoms with Crippen LogP contribution in [0.5, 0.6) is 11.5 Å². The van der Waals surface area contributed by atoms with Crippen molar-refractivity contribution < 1.29 is 19.1 Å². The second-order valence-electron chi connectivity index (χ2n) is 8.87. The van der Waals surface area contributed by atoms with E-state index in [1.807, 2.05) is 67.6 Å². The van der Waals surface area contributed by atoms with Gasteiger partial charge in [-0.15, -0.1) is 0 Å². The van der Waals surface area contributed by atoms with E-state index in [-0.39, 0.29) is 17.9 Å². The summed E-state index contributed by atoms with van der Waals surface area (Å²) in [5.74, 6) is 1.21. The summed E-state index contributed by atoms with van der Waals surface area (Å²) in [6.45, 7) is 4.78. The lowest BCUT2D eigenvalue weighted by Crippen LogP contribution is -2.31. The summed E-state index contributed by atoms with van der Waals surface area (Å²) in [5.41, 5.74) is 3.04. The second-order valence-corrected chi connectivity index (χ2v) is 9.95. The van der Waals surface area contributed by atoms with Gasteiger partial charge in [-0.1, -0.05) is 55.4 Å². The van der Waals surface area contributed by atoms with Crippen LogP contribution in [0.1, 0.15) is 54.2 Å². The molecule has 4 rings (SSSR count). The number of fused-ring (bicyclic) bond motifs is 1. The predicted molar refractivity (Wildman–Crippen MR) is 149 cm³/mol. The standard InChI is InChI=1S/C30H32N2O4S/c1-5-6-17-36-24-14-11-21(12-15-24)20(2)31-29(33)23-13-16-27-25(18-23)32(3)30(34)28(37-27)19-22-9-7-8-10-26(22)35-4/h7-16,18-20H,5-6,17H2,1-4H3,(H,31,33)/b28-19+. The van der Waals surface area contributed by atoms with E-state index >= 15 is 0 Å². The number of para-hydroxylation sites is 1. The molecule has 0 saturated heterocycles. The lowest BCUT2D eigenvalue weighted by molar-refractivity contribution is -0.114. The molecule has 0 spiro atoms. The van der Waals surface area contributed by atoms with E-state index in [4.69, 9.17) is 9.47 Å². The fraction of sp³-hybridized carbons (Fsp3) is 0.267. The van der Waals surface area contributed by atoms with E-state index in [9.17, 15) is 9.59 Å². The zero-order valence-electron chi connectivity index (χ0n) is 21.6. The molecular formula is C30H32N2O4S. The zero-order chi connectivity index (χ0) is 26.4. The van der Waals surface area contributed by atoms with Crippen LogP contribution in [0.4, 0.5) is 5.69 Å². The molecule has 1 heterocycles. The highest BCUT2D eigenvalue weighted by Gasteiger charge is 2.28. The molecule has 3 aromatic carbocycles. The average Bonchev–Trinajstić information content (AvgIpc) is 2.92. The van der Waals surface area contributed by atoms with Gasteiger partial charge in [-0.3, -0.25) is 9.59 Å². The van der Waals surface area contributed by atoms with E-state index in [1.54, 1.807) is 31.2 Å². The molecule has 0 aromatic heterocycles. The summed E-state index contributed by atoms with van der Waals surface area (Å²) in [7, 11) is 3.34. The van der Waals surface area contributed by atoms with E-state index in [1.165, 1.54) is 11.8 Å². The molecule has 1 aliphatic heterocycles. The van der Waals surface area contributed by atoms with Gasteiger partial charge in [-0.2, -0.15) is 0 Å². The first-order chi connectivity index (χ1) is 17.9. The van der Waals surface area contributed by atoms with Gasteiger partial charge in [-0.05, 0) is 61.4 Å². The summed E-state index contributed by atoms with van der Waals surface area (Å²) in [6.07, 6.45) is 3.95. The van der Waals surface area contributed by atoms with Gasteiger partial charge in [-0.25, -0.2) is 0 Å². The molecule has 2 amide bonds. The fourth-order valence-corrected chi connectivity index (χ4v) is 5.10. The summed E-state index contributed by atoms with van der Waals surface area (Å²) < 4.78 is 11.1. The van der Waals surface area contributed by atoms with E-state index in [2.05, 4.69) is 12.2 Å². The van der Waals surface area contributed by atoms with Crippen molar-refractivity contribution in [2.24, 2.45) is 0 Å². The maximum absolute atomic E-state index is 13.1. The third-order valence-electron chi connectivity index (χ3n) is 6.24. The molecule has 0 radical (unpaired) electrons. The number of amides is 2. The summed E-state index contributed by atoms with van der Waals surface area (Å²) in [6, 6.07) is 20.7. The summed E-state index contributed by atoms with van der Waals surface area (Å²) in [5, 5.41) is 3.06. The lowest BCUT2D eigenvalue weighted by Gasteiger charge is -2.27. The Morgan fingerprint density at radius 2 is 1.86 bits per heavy atom. The van der Waals surface area contributed by atoms with Crippen LogP contribution in [0.2, 0.25) is 0 Å². The van der Waals surface area contributed by atoms with Crippen molar-refractivity contribution in [3.05, 3.63) is 88.3 Å². The Kier molecular flexibility index (Phi) is 8.56. The number of carbonyl (C=O) groups excluding carboxylic acids is 2. The highest BCUT2D eigenvalue weighted by molar-refractivity contribution is 8.04. The molecule has 1 atom stereocenters. The van der Waals surface area contributed by atoms with E-state index in [0.29, 0.717) is 28.5 Å². The molecule has 3 aromatic rings. The Labute approximate surface area is 222 Å². The number of nitrogens with one attached hydrogen (secondary N) is 1. The highest BCUT2D eigenvalue weighted by atomic mass is 32.2. The smallest absolute Gasteiger partial charge is 0.264 e. The SMILES string of the molecule is CCCCOc1ccc(C(C)NC(=O)c2ccc3c(c2)N(C)C(=O)/C(=C\c2ccccc2OC)S3)cc1. The minimum absolute atomic E-state index is 0.129. The van der Waals surface area contributed by atoms with Crippen LogP contribution in [0, 0.1) is 0 Å². The van der Waals surface area contributed by atoms with Crippen molar-refractivity contribution >= 4 is 35.3 Å². The topological polar surface area (TPSA) is 67.9 Å². The third kappa shape index (κ3) is 6.17. The van der Waals surface area contributed by atoms with Crippen LogP contribution < -0.4 is 19.7 Å². The van der Waals surface area contributed by atoms with Crippen LogP contribution in [0.3, 0.4) is 0 Å². The zero-order valence-corrected chi connectivity index (χ0v) is 22.4. The number of thioether (sulfide) groups is 1. The summed E-state index contributed by atoms with van der Waals surface area (Å²) >= 11 is 1.39. The third-order valence-corrected chi connectivity index (χ3v) is 7.32.